The number of fused-ring (bicyclic) bond motifs is 1. The van der Waals surface area contributed by atoms with Crippen LogP contribution in [-0.4, -0.2) is 66.2 Å². The van der Waals surface area contributed by atoms with Crippen molar-refractivity contribution in [2.24, 2.45) is 11.0 Å². The third-order valence-electron chi connectivity index (χ3n) is 8.47. The van der Waals surface area contributed by atoms with E-state index in [9.17, 15) is 18.5 Å². The quantitative estimate of drug-likeness (QED) is 0.419. The highest BCUT2D eigenvalue weighted by molar-refractivity contribution is 7.48. The number of hydrogen-bond donors (Lipinski definition) is 1. The van der Waals surface area contributed by atoms with Gasteiger partial charge < -0.3 is 9.80 Å². The maximum absolute atomic E-state index is 14.9. The first kappa shape index (κ1) is 29.9. The van der Waals surface area contributed by atoms with Crippen LogP contribution < -0.4 is 5.43 Å². The summed E-state index contributed by atoms with van der Waals surface area (Å²) in [6, 6.07) is 12.0. The molecule has 3 atom stereocenters. The third-order valence-corrected chi connectivity index (χ3v) is 10.1. The number of nitrogens with zero attached hydrogens (tertiary/aromatic N) is 3. The summed E-state index contributed by atoms with van der Waals surface area (Å²) in [7, 11) is -3.86. The largest absolute Gasteiger partial charge is 0.477 e. The van der Waals surface area contributed by atoms with Gasteiger partial charge in [0.15, 0.2) is 5.72 Å². The van der Waals surface area contributed by atoms with Gasteiger partial charge in [-0.25, -0.2) is 8.96 Å². The van der Waals surface area contributed by atoms with Gasteiger partial charge in [-0.05, 0) is 50.3 Å². The van der Waals surface area contributed by atoms with Crippen molar-refractivity contribution in [3.05, 3.63) is 70.5 Å². The van der Waals surface area contributed by atoms with Crippen LogP contribution in [0.15, 0.2) is 47.6 Å². The number of hydrazone groups is 1. The number of hydrogen-bond acceptors (Lipinski definition) is 8. The molecule has 3 fully saturated rings. The van der Waals surface area contributed by atoms with Crippen LogP contribution in [0, 0.1) is 11.7 Å². The summed E-state index contributed by atoms with van der Waals surface area (Å²) >= 11 is 0. The van der Waals surface area contributed by atoms with Gasteiger partial charge in [-0.3, -0.25) is 28.6 Å². The molecule has 4 aliphatic rings. The first-order valence-corrected chi connectivity index (χ1v) is 16.6. The molecule has 0 radical (unpaired) electrons. The van der Waals surface area contributed by atoms with E-state index in [2.05, 4.69) is 10.5 Å². The molecule has 43 heavy (non-hydrogen) atoms. The van der Waals surface area contributed by atoms with Gasteiger partial charge in [-0.15, -0.1) is 0 Å². The number of amides is 2. The first-order chi connectivity index (χ1) is 20.7. The van der Waals surface area contributed by atoms with Gasteiger partial charge in [0.25, 0.3) is 5.91 Å². The van der Waals surface area contributed by atoms with Crippen LogP contribution in [0.1, 0.15) is 73.0 Å². The van der Waals surface area contributed by atoms with E-state index in [-0.39, 0.29) is 36.0 Å². The maximum atomic E-state index is 14.9. The molecule has 0 bridgehead atoms. The van der Waals surface area contributed by atoms with E-state index in [0.29, 0.717) is 55.9 Å². The molecule has 2 saturated heterocycles. The number of rotatable bonds is 8. The van der Waals surface area contributed by atoms with Crippen LogP contribution in [0.5, 0.6) is 0 Å². The van der Waals surface area contributed by atoms with E-state index in [0.717, 1.165) is 31.2 Å². The Labute approximate surface area is 251 Å². The SMILES string of the molecule is CCCC1CCOP(=O)(OC2(C)NN=C(Cc3ccc(F)c(C(=O)N4CCN(C(=O)C5CC5)CC4)c3)c3ccccc32)O1. The first-order valence-electron chi connectivity index (χ1n) is 15.1. The smallest absolute Gasteiger partial charge is 0.339 e. The number of halogens is 1. The number of benzene rings is 2. The summed E-state index contributed by atoms with van der Waals surface area (Å²) in [6.45, 7) is 5.74. The van der Waals surface area contributed by atoms with Gasteiger partial charge in [-0.1, -0.05) is 43.7 Å². The lowest BCUT2D eigenvalue weighted by molar-refractivity contribution is -0.134. The van der Waals surface area contributed by atoms with E-state index in [1.807, 2.05) is 36.1 Å². The lowest BCUT2D eigenvalue weighted by Gasteiger charge is -2.39. The molecule has 0 aromatic heterocycles. The summed E-state index contributed by atoms with van der Waals surface area (Å²) in [4.78, 5) is 29.1. The van der Waals surface area contributed by atoms with Crippen LogP contribution in [0.25, 0.3) is 0 Å². The van der Waals surface area contributed by atoms with Crippen LogP contribution >= 0.6 is 7.82 Å². The molecule has 2 amide bonds. The Morgan fingerprint density at radius 2 is 1.86 bits per heavy atom. The zero-order chi connectivity index (χ0) is 30.2. The fraction of sp³-hybridized carbons (Fsp3) is 0.516. The molecule has 230 valence electrons. The van der Waals surface area contributed by atoms with Crippen molar-refractivity contribution in [1.29, 1.82) is 0 Å². The van der Waals surface area contributed by atoms with E-state index in [1.165, 1.54) is 6.07 Å². The van der Waals surface area contributed by atoms with E-state index >= 15 is 0 Å². The lowest BCUT2D eigenvalue weighted by Crippen LogP contribution is -2.51. The summed E-state index contributed by atoms with van der Waals surface area (Å²) in [5, 5.41) is 4.58. The molecule has 0 spiro atoms. The topological polar surface area (TPSA) is 110 Å². The van der Waals surface area contributed by atoms with Crippen LogP contribution in [0.3, 0.4) is 0 Å². The average Bonchev–Trinajstić information content (AvgIpc) is 3.85. The molecule has 2 aromatic carbocycles. The number of carbonyl (C=O) groups excluding carboxylic acids is 2. The minimum Gasteiger partial charge on any atom is -0.339 e. The molecule has 1 saturated carbocycles. The summed E-state index contributed by atoms with van der Waals surface area (Å²) < 4.78 is 45.7. The molecule has 12 heteroatoms. The summed E-state index contributed by atoms with van der Waals surface area (Å²) in [6.07, 6.45) is 4.31. The van der Waals surface area contributed by atoms with Gasteiger partial charge in [0, 0.05) is 49.6 Å². The van der Waals surface area contributed by atoms with Crippen molar-refractivity contribution in [3.8, 4) is 0 Å². The molecule has 2 aromatic rings. The van der Waals surface area contributed by atoms with Crippen LogP contribution in [-0.2, 0) is 35.1 Å². The Kier molecular flexibility index (Phi) is 8.43. The molecule has 6 rings (SSSR count). The maximum Gasteiger partial charge on any atom is 0.477 e. The second kappa shape index (κ2) is 12.1. The Morgan fingerprint density at radius 1 is 1.12 bits per heavy atom. The van der Waals surface area contributed by atoms with Crippen LogP contribution in [0.4, 0.5) is 4.39 Å². The molecule has 10 nitrogen and oxygen atoms in total. The second-order valence-corrected chi connectivity index (χ2v) is 13.4. The van der Waals surface area contributed by atoms with Crippen molar-refractivity contribution < 1.29 is 32.1 Å². The van der Waals surface area contributed by atoms with Gasteiger partial charge in [0.05, 0.1) is 24.0 Å². The number of phosphoric ester groups is 1. The number of piperazine rings is 1. The second-order valence-electron chi connectivity index (χ2n) is 11.8. The number of carbonyl (C=O) groups is 2. The van der Waals surface area contributed by atoms with Gasteiger partial charge in [0.2, 0.25) is 5.91 Å². The molecular weight excluding hydrogens is 574 g/mol. The van der Waals surface area contributed by atoms with Gasteiger partial charge in [-0.2, -0.15) is 5.10 Å². The molecule has 3 unspecified atom stereocenters. The van der Waals surface area contributed by atoms with Crippen LogP contribution in [0.2, 0.25) is 0 Å². The van der Waals surface area contributed by atoms with Gasteiger partial charge in [0.1, 0.15) is 5.82 Å². The fourth-order valence-corrected chi connectivity index (χ4v) is 7.58. The Morgan fingerprint density at radius 3 is 2.60 bits per heavy atom. The highest BCUT2D eigenvalue weighted by atomic mass is 31.2. The minimum absolute atomic E-state index is 0.00313. The van der Waals surface area contributed by atoms with E-state index in [1.54, 1.807) is 24.0 Å². The fourth-order valence-electron chi connectivity index (χ4n) is 5.93. The summed E-state index contributed by atoms with van der Waals surface area (Å²) in [5.74, 6) is -0.676. The molecule has 3 aliphatic heterocycles. The predicted molar refractivity (Wildman–Crippen MR) is 158 cm³/mol. The Bertz CT molecular complexity index is 1470. The molecule has 1 N–H and O–H groups in total. The molecular formula is C31H38FN4O6P. The number of phosphoric acid groups is 1. The minimum atomic E-state index is -3.86. The van der Waals surface area contributed by atoms with Gasteiger partial charge >= 0.3 is 7.82 Å². The number of nitrogens with one attached hydrogen (secondary N) is 1. The molecule has 3 heterocycles. The highest BCUT2D eigenvalue weighted by Gasteiger charge is 2.45. The van der Waals surface area contributed by atoms with E-state index in [4.69, 9.17) is 13.6 Å². The molecule has 1 aliphatic carbocycles. The van der Waals surface area contributed by atoms with Crippen molar-refractivity contribution in [2.45, 2.75) is 64.2 Å². The normalized spacial score (nSPS) is 27.2. The zero-order valence-corrected chi connectivity index (χ0v) is 25.5. The average molecular weight is 613 g/mol. The summed E-state index contributed by atoms with van der Waals surface area (Å²) in [5.41, 5.74) is 4.57. The standard InChI is InChI=1S/C31H38FN4O6P/c1-3-6-23-13-18-40-43(39,41-23)42-31(2)26-8-5-4-7-24(26)28(33-34-31)20-21-9-12-27(32)25(19-21)30(38)36-16-14-35(15-17-36)29(37)22-10-11-22/h4-5,7-9,12,19,22-23,34H,3,6,10-11,13-18,20H2,1-2H3. The van der Waals surface area contributed by atoms with Crippen molar-refractivity contribution in [3.63, 3.8) is 0 Å². The van der Waals surface area contributed by atoms with Crippen molar-refractivity contribution in [2.75, 3.05) is 32.8 Å². The predicted octanol–water partition coefficient (Wildman–Crippen LogP) is 4.97. The van der Waals surface area contributed by atoms with Crippen molar-refractivity contribution in [1.82, 2.24) is 15.2 Å². The monoisotopic (exact) mass is 612 g/mol. The van der Waals surface area contributed by atoms with Crippen molar-refractivity contribution >= 4 is 25.3 Å². The third kappa shape index (κ3) is 6.41. The van der Waals surface area contributed by atoms with E-state index < -0.39 is 19.4 Å². The Hall–Kier alpha value is -3.11. The highest BCUT2D eigenvalue weighted by Crippen LogP contribution is 2.58. The Balaban J connectivity index is 1.17. The lowest BCUT2D eigenvalue weighted by atomic mass is 9.91. The zero-order valence-electron chi connectivity index (χ0n) is 24.6.